The Kier molecular flexibility index (Phi) is 3.69. The topological polar surface area (TPSA) is 17.8 Å². The monoisotopic (exact) mass is 282 g/mol. The predicted molar refractivity (Wildman–Crippen MR) is 76.5 cm³/mol. The Morgan fingerprint density at radius 2 is 1.89 bits per heavy atom. The zero-order valence-electron chi connectivity index (χ0n) is 10.7. The van der Waals surface area contributed by atoms with Gasteiger partial charge in [0.25, 0.3) is 0 Å². The lowest BCUT2D eigenvalue weighted by Crippen LogP contribution is -2.13. The molecule has 2 nitrogen and oxygen atoms in total. The summed E-state index contributed by atoms with van der Waals surface area (Å²) < 4.78 is 1.90. The molecule has 0 amide bonds. The molecular formula is C14H16Cl2N2. The molecule has 0 fully saturated rings. The maximum absolute atomic E-state index is 6.15. The smallest absolute Gasteiger partial charge is 0.0678 e. The highest BCUT2D eigenvalue weighted by atomic mass is 35.5. The van der Waals surface area contributed by atoms with Crippen LogP contribution in [0.1, 0.15) is 32.0 Å². The Morgan fingerprint density at radius 1 is 1.17 bits per heavy atom. The molecule has 18 heavy (non-hydrogen) atoms. The molecule has 0 radical (unpaired) electrons. The summed E-state index contributed by atoms with van der Waals surface area (Å²) in [4.78, 5) is 0. The van der Waals surface area contributed by atoms with E-state index in [-0.39, 0.29) is 5.41 Å². The van der Waals surface area contributed by atoms with E-state index in [1.807, 2.05) is 29.1 Å². The number of halogens is 2. The van der Waals surface area contributed by atoms with Crippen LogP contribution >= 0.6 is 23.2 Å². The molecule has 1 aromatic heterocycles. The van der Waals surface area contributed by atoms with E-state index < -0.39 is 0 Å². The first-order valence-corrected chi connectivity index (χ1v) is 6.60. The van der Waals surface area contributed by atoms with Gasteiger partial charge in [-0.05, 0) is 23.8 Å². The second-order valence-corrected chi connectivity index (χ2v) is 6.23. The molecule has 2 rings (SSSR count). The van der Waals surface area contributed by atoms with Gasteiger partial charge in [-0.25, -0.2) is 0 Å². The zero-order chi connectivity index (χ0) is 13.3. The van der Waals surface area contributed by atoms with Gasteiger partial charge >= 0.3 is 0 Å². The van der Waals surface area contributed by atoms with Crippen molar-refractivity contribution in [3.05, 3.63) is 51.8 Å². The first-order chi connectivity index (χ1) is 8.36. The van der Waals surface area contributed by atoms with E-state index in [2.05, 4.69) is 25.9 Å². The third-order valence-corrected chi connectivity index (χ3v) is 3.34. The van der Waals surface area contributed by atoms with E-state index in [1.165, 1.54) is 0 Å². The Labute approximate surface area is 118 Å². The molecular weight excluding hydrogens is 267 g/mol. The average Bonchev–Trinajstić information content (AvgIpc) is 2.70. The zero-order valence-corrected chi connectivity index (χ0v) is 12.3. The number of hydrogen-bond donors (Lipinski definition) is 0. The first-order valence-electron chi connectivity index (χ1n) is 5.84. The molecule has 0 aliphatic rings. The summed E-state index contributed by atoms with van der Waals surface area (Å²) in [6.07, 6.45) is 1.98. The van der Waals surface area contributed by atoms with Gasteiger partial charge in [0.15, 0.2) is 0 Å². The van der Waals surface area contributed by atoms with Crippen LogP contribution in [0, 0.1) is 0 Å². The first kappa shape index (κ1) is 13.4. The van der Waals surface area contributed by atoms with Crippen molar-refractivity contribution in [2.24, 2.45) is 0 Å². The normalized spacial score (nSPS) is 11.8. The minimum Gasteiger partial charge on any atom is -0.268 e. The molecule has 2 aromatic rings. The van der Waals surface area contributed by atoms with Crippen LogP contribution in [0.25, 0.3) is 0 Å². The highest BCUT2D eigenvalue weighted by Crippen LogP contribution is 2.23. The van der Waals surface area contributed by atoms with Crippen LogP contribution in [-0.4, -0.2) is 9.78 Å². The van der Waals surface area contributed by atoms with Crippen molar-refractivity contribution in [1.82, 2.24) is 9.78 Å². The van der Waals surface area contributed by atoms with Gasteiger partial charge in [0.05, 0.1) is 12.2 Å². The summed E-state index contributed by atoms with van der Waals surface area (Å²) >= 11 is 12.0. The lowest BCUT2D eigenvalue weighted by atomic mass is 9.93. The largest absolute Gasteiger partial charge is 0.268 e. The van der Waals surface area contributed by atoms with Gasteiger partial charge in [-0.2, -0.15) is 5.10 Å². The SMILES string of the molecule is CC(C)(C)c1ccn(Cc2ccc(Cl)cc2Cl)n1. The molecule has 1 aromatic carbocycles. The predicted octanol–water partition coefficient (Wildman–Crippen LogP) is 4.54. The number of hydrogen-bond acceptors (Lipinski definition) is 1. The summed E-state index contributed by atoms with van der Waals surface area (Å²) in [5.41, 5.74) is 2.16. The van der Waals surface area contributed by atoms with Crippen LogP contribution in [0.5, 0.6) is 0 Å². The van der Waals surface area contributed by atoms with Crippen molar-refractivity contribution < 1.29 is 0 Å². The summed E-state index contributed by atoms with van der Waals surface area (Å²) in [6.45, 7) is 7.10. The van der Waals surface area contributed by atoms with Gasteiger partial charge in [-0.15, -0.1) is 0 Å². The molecule has 0 atom stereocenters. The quantitative estimate of drug-likeness (QED) is 0.791. The number of nitrogens with zero attached hydrogens (tertiary/aromatic N) is 2. The molecule has 96 valence electrons. The van der Waals surface area contributed by atoms with Crippen molar-refractivity contribution in [3.8, 4) is 0 Å². The molecule has 0 aliphatic carbocycles. The van der Waals surface area contributed by atoms with Crippen molar-refractivity contribution in [2.75, 3.05) is 0 Å². The molecule has 0 saturated carbocycles. The third-order valence-electron chi connectivity index (χ3n) is 2.76. The van der Waals surface area contributed by atoms with E-state index in [1.54, 1.807) is 6.07 Å². The molecule has 4 heteroatoms. The van der Waals surface area contributed by atoms with E-state index in [0.29, 0.717) is 16.6 Å². The maximum Gasteiger partial charge on any atom is 0.0678 e. The van der Waals surface area contributed by atoms with Gasteiger partial charge in [-0.3, -0.25) is 4.68 Å². The van der Waals surface area contributed by atoms with Crippen LogP contribution in [0.15, 0.2) is 30.5 Å². The Bertz CT molecular complexity index is 553. The standard InChI is InChI=1S/C14H16Cl2N2/c1-14(2,3)13-6-7-18(17-13)9-10-4-5-11(15)8-12(10)16/h4-8H,9H2,1-3H3. The fraction of sp³-hybridized carbons (Fsp3) is 0.357. The molecule has 0 N–H and O–H groups in total. The summed E-state index contributed by atoms with van der Waals surface area (Å²) in [5.74, 6) is 0. The minimum absolute atomic E-state index is 0.0645. The third kappa shape index (κ3) is 3.06. The van der Waals surface area contributed by atoms with Crippen molar-refractivity contribution in [1.29, 1.82) is 0 Å². The summed E-state index contributed by atoms with van der Waals surface area (Å²) in [6, 6.07) is 7.58. The van der Waals surface area contributed by atoms with E-state index in [9.17, 15) is 0 Å². The van der Waals surface area contributed by atoms with Gasteiger partial charge in [0, 0.05) is 21.7 Å². The summed E-state index contributed by atoms with van der Waals surface area (Å²) in [5, 5.41) is 5.89. The molecule has 0 bridgehead atoms. The van der Waals surface area contributed by atoms with Crippen LogP contribution in [-0.2, 0) is 12.0 Å². The van der Waals surface area contributed by atoms with Crippen molar-refractivity contribution in [2.45, 2.75) is 32.7 Å². The number of benzene rings is 1. The average molecular weight is 283 g/mol. The highest BCUT2D eigenvalue weighted by Gasteiger charge is 2.16. The molecule has 0 spiro atoms. The van der Waals surface area contributed by atoms with Gasteiger partial charge in [0.1, 0.15) is 0 Å². The van der Waals surface area contributed by atoms with E-state index in [0.717, 1.165) is 11.3 Å². The Hall–Kier alpha value is -0.990. The second kappa shape index (κ2) is 4.94. The van der Waals surface area contributed by atoms with Crippen molar-refractivity contribution in [3.63, 3.8) is 0 Å². The molecule has 0 saturated heterocycles. The number of rotatable bonds is 2. The van der Waals surface area contributed by atoms with E-state index >= 15 is 0 Å². The van der Waals surface area contributed by atoms with E-state index in [4.69, 9.17) is 23.2 Å². The van der Waals surface area contributed by atoms with Crippen LogP contribution in [0.3, 0.4) is 0 Å². The Morgan fingerprint density at radius 3 is 2.44 bits per heavy atom. The fourth-order valence-electron chi connectivity index (χ4n) is 1.67. The second-order valence-electron chi connectivity index (χ2n) is 5.38. The van der Waals surface area contributed by atoms with Crippen LogP contribution in [0.2, 0.25) is 10.0 Å². The fourth-order valence-corrected chi connectivity index (χ4v) is 2.14. The minimum atomic E-state index is 0.0645. The van der Waals surface area contributed by atoms with Gasteiger partial charge < -0.3 is 0 Å². The van der Waals surface area contributed by atoms with Crippen molar-refractivity contribution >= 4 is 23.2 Å². The molecule has 0 unspecified atom stereocenters. The summed E-state index contributed by atoms with van der Waals surface area (Å²) in [7, 11) is 0. The Balaban J connectivity index is 2.21. The highest BCUT2D eigenvalue weighted by molar-refractivity contribution is 6.35. The number of aromatic nitrogens is 2. The van der Waals surface area contributed by atoms with Gasteiger partial charge in [0.2, 0.25) is 0 Å². The van der Waals surface area contributed by atoms with Crippen LogP contribution < -0.4 is 0 Å². The lowest BCUT2D eigenvalue weighted by Gasteiger charge is -2.14. The van der Waals surface area contributed by atoms with Crippen LogP contribution in [0.4, 0.5) is 0 Å². The lowest BCUT2D eigenvalue weighted by molar-refractivity contribution is 0.545. The van der Waals surface area contributed by atoms with Gasteiger partial charge in [-0.1, -0.05) is 50.0 Å². The maximum atomic E-state index is 6.15. The molecule has 1 heterocycles. The molecule has 0 aliphatic heterocycles.